The molecule has 1 aromatic carbocycles. The molecule has 3 aliphatic carbocycles. The number of rotatable bonds is 11. The van der Waals surface area contributed by atoms with Crippen LogP contribution in [0.4, 0.5) is 0 Å². The number of hydrogen-bond acceptors (Lipinski definition) is 5. The third-order valence-corrected chi connectivity index (χ3v) is 10.2. The number of nitrogens with one attached hydrogen (secondary N) is 1. The molecule has 0 bridgehead atoms. The standard InChI is InChI=1S/C31H45N3O3/c1-31-15-14-26-25-10-8-24(37-3)20-22(25)6-9-27(26)28(31)11-7-23(31)21-32-16-4-17-33(2)18-5-19-34-29(35)12-13-30(34)36/h8,10,12-13,20,23,26-28,32H,4-7,9,11,14-19,21H2,1-3H3/t23?,26-,27-,28+,31-/m1/s1. The molecule has 4 aliphatic rings. The molecule has 2 fully saturated rings. The van der Waals surface area contributed by atoms with Crippen molar-refractivity contribution >= 4 is 11.8 Å². The predicted octanol–water partition coefficient (Wildman–Crippen LogP) is 4.39. The van der Waals surface area contributed by atoms with Gasteiger partial charge in [0.1, 0.15) is 5.75 Å². The number of methoxy groups -OCH3 is 1. The van der Waals surface area contributed by atoms with Crippen LogP contribution in [-0.2, 0) is 16.0 Å². The lowest BCUT2D eigenvalue weighted by atomic mass is 9.54. The Balaban J connectivity index is 1.03. The van der Waals surface area contributed by atoms with Gasteiger partial charge in [-0.05, 0) is 137 Å². The lowest BCUT2D eigenvalue weighted by Crippen LogP contribution is -2.44. The van der Waals surface area contributed by atoms with Gasteiger partial charge in [-0.2, -0.15) is 0 Å². The number of aryl methyl sites for hydroxylation is 1. The lowest BCUT2D eigenvalue weighted by molar-refractivity contribution is -0.136. The summed E-state index contributed by atoms with van der Waals surface area (Å²) in [5.41, 5.74) is 3.62. The highest BCUT2D eigenvalue weighted by Crippen LogP contribution is 2.62. The molecule has 1 heterocycles. The van der Waals surface area contributed by atoms with Gasteiger partial charge in [0.05, 0.1) is 7.11 Å². The average molecular weight is 508 g/mol. The molecular formula is C31H45N3O3. The zero-order chi connectivity index (χ0) is 26.0. The van der Waals surface area contributed by atoms with E-state index in [1.54, 1.807) is 12.7 Å². The second kappa shape index (κ2) is 11.3. The van der Waals surface area contributed by atoms with Crippen LogP contribution < -0.4 is 10.1 Å². The van der Waals surface area contributed by atoms with E-state index in [-0.39, 0.29) is 11.8 Å². The van der Waals surface area contributed by atoms with Crippen LogP contribution in [0.1, 0.15) is 68.9 Å². The molecule has 1 unspecified atom stereocenters. The molecular weight excluding hydrogens is 462 g/mol. The fraction of sp³-hybridized carbons (Fsp3) is 0.677. The Morgan fingerprint density at radius 3 is 2.65 bits per heavy atom. The number of carbonyl (C=O) groups excluding carboxylic acids is 2. The zero-order valence-corrected chi connectivity index (χ0v) is 23.0. The molecule has 5 atom stereocenters. The molecule has 6 heteroatoms. The van der Waals surface area contributed by atoms with Crippen LogP contribution in [0, 0.1) is 23.2 Å². The summed E-state index contributed by atoms with van der Waals surface area (Å²) < 4.78 is 5.49. The van der Waals surface area contributed by atoms with Crippen LogP contribution in [-0.4, -0.2) is 68.5 Å². The fourth-order valence-corrected chi connectivity index (χ4v) is 8.14. The minimum Gasteiger partial charge on any atom is -0.497 e. The maximum atomic E-state index is 11.7. The number of imide groups is 1. The van der Waals surface area contributed by atoms with Crippen molar-refractivity contribution in [3.63, 3.8) is 0 Å². The van der Waals surface area contributed by atoms with E-state index >= 15 is 0 Å². The fourth-order valence-electron chi connectivity index (χ4n) is 8.14. The van der Waals surface area contributed by atoms with Crippen molar-refractivity contribution in [2.45, 2.75) is 64.2 Å². The SMILES string of the molecule is COc1ccc2c(c1)CC[C@@H]1[C@@H]2CC[C@]2(C)C(CNCCCN(C)CCCN3C(=O)C=CC3=O)CC[C@@H]12. The molecule has 6 nitrogen and oxygen atoms in total. The second-order valence-electron chi connectivity index (χ2n) is 12.2. The van der Waals surface area contributed by atoms with Crippen LogP contribution in [0.5, 0.6) is 5.75 Å². The first-order valence-electron chi connectivity index (χ1n) is 14.5. The average Bonchev–Trinajstić information content (AvgIpc) is 3.41. The van der Waals surface area contributed by atoms with Crippen molar-refractivity contribution < 1.29 is 14.3 Å². The summed E-state index contributed by atoms with van der Waals surface area (Å²) >= 11 is 0. The molecule has 37 heavy (non-hydrogen) atoms. The number of fused-ring (bicyclic) bond motifs is 5. The minimum absolute atomic E-state index is 0.179. The Bertz CT molecular complexity index is 1000. The van der Waals surface area contributed by atoms with Crippen molar-refractivity contribution in [1.82, 2.24) is 15.1 Å². The minimum atomic E-state index is -0.179. The maximum absolute atomic E-state index is 11.7. The normalized spacial score (nSPS) is 30.5. The molecule has 2 amide bonds. The summed E-state index contributed by atoms with van der Waals surface area (Å²) in [5, 5.41) is 3.81. The van der Waals surface area contributed by atoms with E-state index in [2.05, 4.69) is 42.4 Å². The monoisotopic (exact) mass is 507 g/mol. The number of nitrogens with zero attached hydrogens (tertiary/aromatic N) is 2. The van der Waals surface area contributed by atoms with Gasteiger partial charge < -0.3 is 15.0 Å². The van der Waals surface area contributed by atoms with E-state index in [4.69, 9.17) is 4.74 Å². The van der Waals surface area contributed by atoms with Gasteiger partial charge in [-0.25, -0.2) is 0 Å². The van der Waals surface area contributed by atoms with E-state index in [1.807, 2.05) is 0 Å². The van der Waals surface area contributed by atoms with E-state index in [1.165, 1.54) is 61.1 Å². The molecule has 0 radical (unpaired) electrons. The van der Waals surface area contributed by atoms with Crippen molar-refractivity contribution in [2.24, 2.45) is 23.2 Å². The molecule has 202 valence electrons. The second-order valence-corrected chi connectivity index (χ2v) is 12.2. The third-order valence-electron chi connectivity index (χ3n) is 10.2. The first-order valence-corrected chi connectivity index (χ1v) is 14.5. The van der Waals surface area contributed by atoms with E-state index in [9.17, 15) is 9.59 Å². The highest BCUT2D eigenvalue weighted by atomic mass is 16.5. The Labute approximate surface area is 222 Å². The van der Waals surface area contributed by atoms with Gasteiger partial charge in [-0.3, -0.25) is 14.5 Å². The highest BCUT2D eigenvalue weighted by Gasteiger charge is 2.54. The van der Waals surface area contributed by atoms with E-state index < -0.39 is 0 Å². The van der Waals surface area contributed by atoms with Crippen LogP contribution in [0.3, 0.4) is 0 Å². The largest absolute Gasteiger partial charge is 0.497 e. The predicted molar refractivity (Wildman–Crippen MR) is 147 cm³/mol. The summed E-state index contributed by atoms with van der Waals surface area (Å²) in [7, 11) is 3.90. The van der Waals surface area contributed by atoms with Gasteiger partial charge in [0.25, 0.3) is 11.8 Å². The van der Waals surface area contributed by atoms with Gasteiger partial charge >= 0.3 is 0 Å². The Hall–Kier alpha value is -2.18. The molecule has 0 spiro atoms. The zero-order valence-electron chi connectivity index (χ0n) is 23.0. The number of ether oxygens (including phenoxy) is 1. The summed E-state index contributed by atoms with van der Waals surface area (Å²) in [6, 6.07) is 6.81. The molecule has 1 N–H and O–H groups in total. The van der Waals surface area contributed by atoms with Crippen LogP contribution in [0.15, 0.2) is 30.4 Å². The summed E-state index contributed by atoms with van der Waals surface area (Å²) in [4.78, 5) is 27.0. The quantitative estimate of drug-likeness (QED) is 0.356. The lowest BCUT2D eigenvalue weighted by Gasteiger charge is -2.51. The summed E-state index contributed by atoms with van der Waals surface area (Å²) in [5.74, 6) is 3.89. The number of hydrogen-bond donors (Lipinski definition) is 1. The van der Waals surface area contributed by atoms with Crippen molar-refractivity contribution in [3.05, 3.63) is 41.5 Å². The molecule has 0 aromatic heterocycles. The van der Waals surface area contributed by atoms with Crippen molar-refractivity contribution in [1.29, 1.82) is 0 Å². The Kier molecular flexibility index (Phi) is 8.06. The van der Waals surface area contributed by atoms with Crippen LogP contribution >= 0.6 is 0 Å². The first-order chi connectivity index (χ1) is 17.9. The topological polar surface area (TPSA) is 61.9 Å². The van der Waals surface area contributed by atoms with Crippen molar-refractivity contribution in [2.75, 3.05) is 46.9 Å². The van der Waals surface area contributed by atoms with Crippen LogP contribution in [0.2, 0.25) is 0 Å². The number of amides is 2. The molecule has 1 aliphatic heterocycles. The van der Waals surface area contributed by atoms with Crippen LogP contribution in [0.25, 0.3) is 0 Å². The van der Waals surface area contributed by atoms with Gasteiger partial charge in [0, 0.05) is 18.7 Å². The number of benzene rings is 1. The Morgan fingerprint density at radius 2 is 1.86 bits per heavy atom. The molecule has 1 aromatic rings. The van der Waals surface area contributed by atoms with E-state index in [0.717, 1.165) is 68.4 Å². The van der Waals surface area contributed by atoms with Gasteiger partial charge in [0.2, 0.25) is 0 Å². The van der Waals surface area contributed by atoms with E-state index in [0.29, 0.717) is 12.0 Å². The molecule has 5 rings (SSSR count). The Morgan fingerprint density at radius 1 is 1.08 bits per heavy atom. The molecule has 2 saturated carbocycles. The summed E-state index contributed by atoms with van der Waals surface area (Å²) in [6.07, 6.45) is 12.7. The smallest absolute Gasteiger partial charge is 0.253 e. The van der Waals surface area contributed by atoms with Gasteiger partial charge in [-0.15, -0.1) is 0 Å². The molecule has 0 saturated heterocycles. The van der Waals surface area contributed by atoms with Gasteiger partial charge in [0.15, 0.2) is 0 Å². The first kappa shape index (κ1) is 26.4. The van der Waals surface area contributed by atoms with Gasteiger partial charge in [-0.1, -0.05) is 13.0 Å². The third kappa shape index (κ3) is 5.37. The highest BCUT2D eigenvalue weighted by molar-refractivity contribution is 6.12. The number of carbonyl (C=O) groups is 2. The maximum Gasteiger partial charge on any atom is 0.253 e. The van der Waals surface area contributed by atoms with Crippen molar-refractivity contribution in [3.8, 4) is 5.75 Å². The summed E-state index contributed by atoms with van der Waals surface area (Å²) in [6.45, 7) is 7.25.